The van der Waals surface area contributed by atoms with E-state index in [0.29, 0.717) is 17.7 Å². The Kier molecular flexibility index (Phi) is 3.51. The standard InChI is InChI=1S/C26H23ClN2O2/c1-29-9-8-26-19-11-16-10-17(14-2-5-18(27)6-3-14)13-28-23(16)25(26)31-24-21(30)7-4-15(22(24)26)12-20(19)29/h2-7,10,13,19-20,25,30H,8-9,11-12H2,1H3. The maximum absolute atomic E-state index is 10.7. The number of likely N-dealkylation sites (tertiary alicyclic amines) is 1. The van der Waals surface area contributed by atoms with Crippen molar-refractivity contribution in [1.82, 2.24) is 9.88 Å². The Morgan fingerprint density at radius 2 is 1.94 bits per heavy atom. The maximum Gasteiger partial charge on any atom is 0.166 e. The number of hydrogen-bond acceptors (Lipinski definition) is 4. The summed E-state index contributed by atoms with van der Waals surface area (Å²) in [6.07, 6.45) is 4.88. The average molecular weight is 431 g/mol. The van der Waals surface area contributed by atoms with Gasteiger partial charge in [0.15, 0.2) is 17.6 Å². The van der Waals surface area contributed by atoms with E-state index in [1.54, 1.807) is 6.07 Å². The Hall–Kier alpha value is -2.56. The van der Waals surface area contributed by atoms with E-state index in [-0.39, 0.29) is 17.3 Å². The summed E-state index contributed by atoms with van der Waals surface area (Å²) < 4.78 is 6.58. The van der Waals surface area contributed by atoms with E-state index in [0.717, 1.165) is 47.7 Å². The molecule has 4 nitrogen and oxygen atoms in total. The van der Waals surface area contributed by atoms with Crippen molar-refractivity contribution in [2.45, 2.75) is 36.8 Å². The zero-order valence-corrected chi connectivity index (χ0v) is 18.1. The highest BCUT2D eigenvalue weighted by Gasteiger charge is 2.64. The molecule has 0 radical (unpaired) electrons. The number of piperidine rings is 1. The molecule has 1 aromatic heterocycles. The number of halogens is 1. The van der Waals surface area contributed by atoms with Crippen LogP contribution in [0.3, 0.4) is 0 Å². The summed E-state index contributed by atoms with van der Waals surface area (Å²) in [6.45, 7) is 1.05. The fourth-order valence-corrected chi connectivity index (χ4v) is 6.99. The monoisotopic (exact) mass is 430 g/mol. The Bertz CT molecular complexity index is 1240. The number of hydrogen-bond donors (Lipinski definition) is 1. The van der Waals surface area contributed by atoms with Crippen molar-refractivity contribution in [3.05, 3.63) is 76.1 Å². The third-order valence-corrected chi connectivity index (χ3v) is 8.51. The molecule has 2 aliphatic heterocycles. The number of ether oxygens (including phenoxy) is 1. The van der Waals surface area contributed by atoms with Gasteiger partial charge in [0.25, 0.3) is 0 Å². The smallest absolute Gasteiger partial charge is 0.166 e. The van der Waals surface area contributed by atoms with Gasteiger partial charge < -0.3 is 14.7 Å². The number of fused-ring (bicyclic) bond motifs is 2. The second-order valence-corrected chi connectivity index (χ2v) is 10.0. The van der Waals surface area contributed by atoms with Crippen molar-refractivity contribution >= 4 is 11.6 Å². The van der Waals surface area contributed by atoms with Crippen molar-refractivity contribution in [1.29, 1.82) is 0 Å². The van der Waals surface area contributed by atoms with Crippen LogP contribution in [0.4, 0.5) is 0 Å². The summed E-state index contributed by atoms with van der Waals surface area (Å²) >= 11 is 6.09. The zero-order valence-electron chi connectivity index (χ0n) is 17.3. The lowest BCUT2D eigenvalue weighted by atomic mass is 9.51. The van der Waals surface area contributed by atoms with Crippen molar-refractivity contribution < 1.29 is 9.84 Å². The number of likely N-dealkylation sites (N-methyl/N-ethyl adjacent to an activating group) is 1. The molecule has 5 heteroatoms. The van der Waals surface area contributed by atoms with Gasteiger partial charge >= 0.3 is 0 Å². The number of aromatic hydroxyl groups is 1. The van der Waals surface area contributed by atoms with E-state index in [4.69, 9.17) is 21.3 Å². The number of phenols is 1. The predicted octanol–water partition coefficient (Wildman–Crippen LogP) is 4.91. The Labute approximate surface area is 186 Å². The van der Waals surface area contributed by atoms with Gasteiger partial charge in [-0.25, -0.2) is 0 Å². The molecule has 1 fully saturated rings. The molecule has 4 atom stereocenters. The van der Waals surface area contributed by atoms with Crippen LogP contribution in [0.5, 0.6) is 11.5 Å². The van der Waals surface area contributed by atoms with Crippen LogP contribution in [0.1, 0.15) is 34.9 Å². The Morgan fingerprint density at radius 3 is 2.77 bits per heavy atom. The van der Waals surface area contributed by atoms with Gasteiger partial charge in [0.2, 0.25) is 0 Å². The van der Waals surface area contributed by atoms with Gasteiger partial charge in [0.1, 0.15) is 0 Å². The molecule has 31 heavy (non-hydrogen) atoms. The molecule has 156 valence electrons. The molecular weight excluding hydrogens is 408 g/mol. The summed E-state index contributed by atoms with van der Waals surface area (Å²) in [6, 6.07) is 14.6. The average Bonchev–Trinajstić information content (AvgIpc) is 3.13. The van der Waals surface area contributed by atoms with Crippen molar-refractivity contribution in [2.24, 2.45) is 5.92 Å². The first-order valence-corrected chi connectivity index (χ1v) is 11.4. The lowest BCUT2D eigenvalue weighted by Crippen LogP contribution is -2.62. The van der Waals surface area contributed by atoms with E-state index < -0.39 is 0 Å². The lowest BCUT2D eigenvalue weighted by molar-refractivity contribution is -0.0260. The highest BCUT2D eigenvalue weighted by atomic mass is 35.5. The van der Waals surface area contributed by atoms with Crippen LogP contribution < -0.4 is 4.74 Å². The van der Waals surface area contributed by atoms with Gasteiger partial charge in [-0.3, -0.25) is 4.98 Å². The number of benzene rings is 2. The second-order valence-electron chi connectivity index (χ2n) is 9.57. The first-order chi connectivity index (χ1) is 15.1. The predicted molar refractivity (Wildman–Crippen MR) is 120 cm³/mol. The minimum absolute atomic E-state index is 0.0827. The normalized spacial score (nSPS) is 29.8. The largest absolute Gasteiger partial charge is 0.504 e. The third-order valence-electron chi connectivity index (χ3n) is 8.26. The van der Waals surface area contributed by atoms with E-state index in [2.05, 4.69) is 24.1 Å². The molecule has 1 saturated heterocycles. The van der Waals surface area contributed by atoms with Gasteiger partial charge in [0.05, 0.1) is 5.69 Å². The van der Waals surface area contributed by atoms with Gasteiger partial charge in [-0.15, -0.1) is 0 Å². The third kappa shape index (κ3) is 2.22. The molecule has 3 heterocycles. The summed E-state index contributed by atoms with van der Waals surface area (Å²) in [7, 11) is 2.26. The minimum Gasteiger partial charge on any atom is -0.504 e. The minimum atomic E-state index is -0.126. The SMILES string of the molecule is CN1CCC23c4c5ccc(O)c4OC2c2ncc(-c4ccc(Cl)cc4)cc2CC3C1C5. The van der Waals surface area contributed by atoms with Crippen LogP contribution in [0.2, 0.25) is 5.02 Å². The summed E-state index contributed by atoms with van der Waals surface area (Å²) in [4.78, 5) is 7.50. The van der Waals surface area contributed by atoms with Crippen LogP contribution in [-0.2, 0) is 18.3 Å². The van der Waals surface area contributed by atoms with Gasteiger partial charge in [0, 0.05) is 33.8 Å². The molecular formula is C26H23ClN2O2. The molecule has 0 amide bonds. The lowest BCUT2D eigenvalue weighted by Gasteiger charge is -2.57. The maximum atomic E-state index is 10.7. The number of nitrogens with zero attached hydrogens (tertiary/aromatic N) is 2. The van der Waals surface area contributed by atoms with E-state index in [9.17, 15) is 5.11 Å². The van der Waals surface area contributed by atoms with Crippen molar-refractivity contribution in [3.8, 4) is 22.6 Å². The molecule has 2 bridgehead atoms. The molecule has 2 aliphatic carbocycles. The molecule has 4 unspecified atom stereocenters. The fourth-order valence-electron chi connectivity index (χ4n) is 6.86. The number of aromatic nitrogens is 1. The topological polar surface area (TPSA) is 45.6 Å². The number of phenolic OH excluding ortho intramolecular Hbond substituents is 1. The Morgan fingerprint density at radius 1 is 1.10 bits per heavy atom. The van der Waals surface area contributed by atoms with E-state index >= 15 is 0 Å². The first kappa shape index (κ1) is 18.1. The van der Waals surface area contributed by atoms with Crippen LogP contribution >= 0.6 is 11.6 Å². The van der Waals surface area contributed by atoms with Crippen molar-refractivity contribution in [3.63, 3.8) is 0 Å². The fraction of sp³-hybridized carbons (Fsp3) is 0.346. The first-order valence-electron chi connectivity index (χ1n) is 11.0. The van der Waals surface area contributed by atoms with Crippen molar-refractivity contribution in [2.75, 3.05) is 13.6 Å². The molecule has 1 N–H and O–H groups in total. The van der Waals surface area contributed by atoms with Crippen LogP contribution in [0, 0.1) is 5.92 Å². The van der Waals surface area contributed by atoms with Gasteiger partial charge in [-0.05, 0) is 79.7 Å². The molecule has 3 aromatic rings. The van der Waals surface area contributed by atoms with Gasteiger partial charge in [-0.2, -0.15) is 0 Å². The second kappa shape index (κ2) is 6.02. The zero-order chi connectivity index (χ0) is 20.9. The van der Waals surface area contributed by atoms with Gasteiger partial charge in [-0.1, -0.05) is 29.8 Å². The summed E-state index contributed by atoms with van der Waals surface area (Å²) in [5.74, 6) is 1.42. The molecule has 7 rings (SSSR count). The summed E-state index contributed by atoms with van der Waals surface area (Å²) in [5, 5.41) is 11.4. The highest BCUT2D eigenvalue weighted by molar-refractivity contribution is 6.30. The number of pyridine rings is 1. The van der Waals surface area contributed by atoms with Crippen LogP contribution in [-0.4, -0.2) is 34.6 Å². The summed E-state index contributed by atoms with van der Waals surface area (Å²) in [5.41, 5.74) is 7.07. The molecule has 2 aromatic carbocycles. The number of rotatable bonds is 1. The van der Waals surface area contributed by atoms with Crippen LogP contribution in [0.15, 0.2) is 48.7 Å². The molecule has 0 saturated carbocycles. The molecule has 4 aliphatic rings. The Balaban J connectivity index is 1.43. The van der Waals surface area contributed by atoms with Crippen LogP contribution in [0.25, 0.3) is 11.1 Å². The highest BCUT2D eigenvalue weighted by Crippen LogP contribution is 2.66. The quantitative estimate of drug-likeness (QED) is 0.595. The van der Waals surface area contributed by atoms with E-state index in [1.165, 1.54) is 16.7 Å². The van der Waals surface area contributed by atoms with E-state index in [1.807, 2.05) is 30.5 Å². The molecule has 1 spiro atoms.